The molecule has 3 amide bonds. The van der Waals surface area contributed by atoms with Gasteiger partial charge in [0.1, 0.15) is 0 Å². The first-order chi connectivity index (χ1) is 10.2. The Bertz CT molecular complexity index is 510. The van der Waals surface area contributed by atoms with Crippen LogP contribution in [0.15, 0.2) is 30.3 Å². The summed E-state index contributed by atoms with van der Waals surface area (Å²) < 4.78 is 0. The molecule has 0 unspecified atom stereocenters. The molecule has 0 aromatic heterocycles. The highest BCUT2D eigenvalue weighted by atomic mass is 16.2. The fourth-order valence-corrected chi connectivity index (χ4v) is 3.11. The van der Waals surface area contributed by atoms with Crippen molar-refractivity contribution >= 4 is 11.9 Å². The van der Waals surface area contributed by atoms with Gasteiger partial charge >= 0.3 is 6.03 Å². The normalized spacial score (nSPS) is 21.4. The number of nitrogens with zero attached hydrogens (tertiary/aromatic N) is 3. The number of hydrogen-bond acceptors (Lipinski definition) is 3. The van der Waals surface area contributed by atoms with E-state index >= 15 is 0 Å². The van der Waals surface area contributed by atoms with E-state index in [0.717, 1.165) is 32.5 Å². The molecule has 5 heteroatoms. The van der Waals surface area contributed by atoms with Crippen LogP contribution in [-0.4, -0.2) is 47.4 Å². The van der Waals surface area contributed by atoms with Gasteiger partial charge in [0.2, 0.25) is 0 Å². The number of piperidine rings is 1. The Labute approximate surface area is 124 Å². The minimum Gasteiger partial charge on any atom is -0.319 e. The van der Waals surface area contributed by atoms with Crippen LogP contribution in [0.25, 0.3) is 0 Å². The third-order valence-electron chi connectivity index (χ3n) is 4.28. The van der Waals surface area contributed by atoms with Crippen LogP contribution in [0.2, 0.25) is 0 Å². The molecular formula is C16H20N3O2. The fraction of sp³-hybridized carbons (Fsp3) is 0.500. The summed E-state index contributed by atoms with van der Waals surface area (Å²) in [5.74, 6) is -0.280. The highest BCUT2D eigenvalue weighted by Gasteiger charge is 2.32. The second kappa shape index (κ2) is 6.26. The predicted molar refractivity (Wildman–Crippen MR) is 78.6 cm³/mol. The molecule has 21 heavy (non-hydrogen) atoms. The van der Waals surface area contributed by atoms with Gasteiger partial charge in [-0.25, -0.2) is 4.79 Å². The average molecular weight is 286 g/mol. The number of amides is 3. The van der Waals surface area contributed by atoms with E-state index in [-0.39, 0.29) is 18.0 Å². The molecule has 1 radical (unpaired) electrons. The van der Waals surface area contributed by atoms with Crippen LogP contribution in [0.4, 0.5) is 4.79 Å². The summed E-state index contributed by atoms with van der Waals surface area (Å²) in [6.45, 7) is 3.46. The van der Waals surface area contributed by atoms with Crippen LogP contribution < -0.4 is 5.32 Å². The first kappa shape index (κ1) is 14.1. The molecule has 2 saturated heterocycles. The van der Waals surface area contributed by atoms with Crippen molar-refractivity contribution in [2.75, 3.05) is 19.6 Å². The van der Waals surface area contributed by atoms with Crippen LogP contribution >= 0.6 is 0 Å². The molecule has 1 aromatic rings. The Morgan fingerprint density at radius 2 is 1.76 bits per heavy atom. The number of benzene rings is 1. The second-order valence-corrected chi connectivity index (χ2v) is 5.72. The summed E-state index contributed by atoms with van der Waals surface area (Å²) in [6.07, 6.45) is 2.29. The molecule has 1 aromatic carbocycles. The van der Waals surface area contributed by atoms with Gasteiger partial charge in [-0.3, -0.25) is 9.69 Å². The van der Waals surface area contributed by atoms with E-state index in [1.165, 1.54) is 5.56 Å². The summed E-state index contributed by atoms with van der Waals surface area (Å²) in [7, 11) is 0. The SMILES string of the molecule is O=C1CCN(C2CCN(Cc3ccccc3)CC2)C(=O)[N]1. The number of hydrogen-bond donors (Lipinski definition) is 0. The number of carbonyl (C=O) groups excluding carboxylic acids is 2. The molecule has 2 aliphatic heterocycles. The number of urea groups is 1. The summed E-state index contributed by atoms with van der Waals surface area (Å²) in [4.78, 5) is 27.1. The molecule has 2 heterocycles. The molecule has 0 atom stereocenters. The van der Waals surface area contributed by atoms with E-state index in [4.69, 9.17) is 0 Å². The van der Waals surface area contributed by atoms with Gasteiger partial charge in [0, 0.05) is 38.6 Å². The second-order valence-electron chi connectivity index (χ2n) is 5.72. The fourth-order valence-electron chi connectivity index (χ4n) is 3.11. The van der Waals surface area contributed by atoms with Gasteiger partial charge in [-0.15, -0.1) is 0 Å². The van der Waals surface area contributed by atoms with Crippen molar-refractivity contribution in [1.82, 2.24) is 15.1 Å². The van der Waals surface area contributed by atoms with Crippen molar-refractivity contribution in [1.29, 1.82) is 0 Å². The lowest BCUT2D eigenvalue weighted by molar-refractivity contribution is -0.122. The summed E-state index contributed by atoms with van der Waals surface area (Å²) in [5, 5.41) is 3.56. The maximum absolute atomic E-state index is 11.8. The lowest BCUT2D eigenvalue weighted by Crippen LogP contribution is -2.53. The zero-order valence-electron chi connectivity index (χ0n) is 12.1. The largest absolute Gasteiger partial charge is 0.346 e. The van der Waals surface area contributed by atoms with E-state index in [1.54, 1.807) is 4.90 Å². The highest BCUT2D eigenvalue weighted by Crippen LogP contribution is 2.20. The lowest BCUT2D eigenvalue weighted by atomic mass is 10.0. The first-order valence-corrected chi connectivity index (χ1v) is 7.54. The third kappa shape index (κ3) is 3.42. The van der Waals surface area contributed by atoms with Crippen LogP contribution in [-0.2, 0) is 11.3 Å². The highest BCUT2D eigenvalue weighted by molar-refractivity contribution is 5.96. The van der Waals surface area contributed by atoms with E-state index in [9.17, 15) is 9.59 Å². The van der Waals surface area contributed by atoms with Gasteiger partial charge < -0.3 is 4.90 Å². The van der Waals surface area contributed by atoms with Crippen molar-refractivity contribution in [2.45, 2.75) is 31.8 Å². The first-order valence-electron chi connectivity index (χ1n) is 7.54. The molecule has 2 aliphatic rings. The van der Waals surface area contributed by atoms with Crippen LogP contribution in [0.5, 0.6) is 0 Å². The van der Waals surface area contributed by atoms with E-state index in [1.807, 2.05) is 6.07 Å². The predicted octanol–water partition coefficient (Wildman–Crippen LogP) is 1.61. The third-order valence-corrected chi connectivity index (χ3v) is 4.28. The lowest BCUT2D eigenvalue weighted by Gasteiger charge is -2.39. The Morgan fingerprint density at radius 1 is 1.05 bits per heavy atom. The van der Waals surface area contributed by atoms with Crippen molar-refractivity contribution in [3.05, 3.63) is 35.9 Å². The van der Waals surface area contributed by atoms with Gasteiger partial charge in [0.05, 0.1) is 0 Å². The molecule has 0 saturated carbocycles. The van der Waals surface area contributed by atoms with Crippen LogP contribution in [0, 0.1) is 0 Å². The summed E-state index contributed by atoms with van der Waals surface area (Å²) in [6, 6.07) is 10.3. The van der Waals surface area contributed by atoms with Gasteiger partial charge in [-0.05, 0) is 18.4 Å². The van der Waals surface area contributed by atoms with Crippen molar-refractivity contribution in [3.63, 3.8) is 0 Å². The van der Waals surface area contributed by atoms with Gasteiger partial charge in [-0.1, -0.05) is 30.3 Å². The molecule has 0 aliphatic carbocycles. The van der Waals surface area contributed by atoms with Gasteiger partial charge in [-0.2, -0.15) is 5.32 Å². The molecular weight excluding hydrogens is 266 g/mol. The minimum atomic E-state index is -0.340. The number of carbonyl (C=O) groups is 2. The Hall–Kier alpha value is -1.88. The molecule has 5 nitrogen and oxygen atoms in total. The smallest absolute Gasteiger partial charge is 0.319 e. The minimum absolute atomic E-state index is 0.237. The summed E-state index contributed by atoms with van der Waals surface area (Å²) >= 11 is 0. The van der Waals surface area contributed by atoms with Crippen molar-refractivity contribution in [2.24, 2.45) is 0 Å². The average Bonchev–Trinajstić information content (AvgIpc) is 2.49. The monoisotopic (exact) mass is 286 g/mol. The van der Waals surface area contributed by atoms with Gasteiger partial charge in [0.15, 0.2) is 0 Å². The van der Waals surface area contributed by atoms with E-state index < -0.39 is 0 Å². The molecule has 0 spiro atoms. The van der Waals surface area contributed by atoms with Crippen LogP contribution in [0.3, 0.4) is 0 Å². The molecule has 3 rings (SSSR count). The molecule has 0 N–H and O–H groups in total. The van der Waals surface area contributed by atoms with E-state index in [2.05, 4.69) is 34.5 Å². The zero-order chi connectivity index (χ0) is 14.7. The standard InChI is InChI=1S/C16H20N3O2/c20-15-8-11-19(16(21)17-15)14-6-9-18(10-7-14)12-13-4-2-1-3-5-13/h1-5,14H,6-12H2. The Balaban J connectivity index is 1.51. The zero-order valence-corrected chi connectivity index (χ0v) is 12.1. The summed E-state index contributed by atoms with van der Waals surface area (Å²) in [5.41, 5.74) is 1.32. The Morgan fingerprint density at radius 3 is 2.43 bits per heavy atom. The number of likely N-dealkylation sites (tertiary alicyclic amines) is 1. The Kier molecular flexibility index (Phi) is 4.20. The maximum Gasteiger partial charge on any atom is 0.346 e. The number of rotatable bonds is 3. The quantitative estimate of drug-likeness (QED) is 0.848. The number of imide groups is 1. The van der Waals surface area contributed by atoms with Gasteiger partial charge in [0.25, 0.3) is 5.91 Å². The molecule has 0 bridgehead atoms. The molecule has 2 fully saturated rings. The van der Waals surface area contributed by atoms with Crippen molar-refractivity contribution < 1.29 is 9.59 Å². The topological polar surface area (TPSA) is 54.7 Å². The maximum atomic E-state index is 11.8. The molecule has 111 valence electrons. The van der Waals surface area contributed by atoms with Crippen LogP contribution in [0.1, 0.15) is 24.8 Å². The van der Waals surface area contributed by atoms with Crippen molar-refractivity contribution in [3.8, 4) is 0 Å². The van der Waals surface area contributed by atoms with E-state index in [0.29, 0.717) is 13.0 Å².